The van der Waals surface area contributed by atoms with Crippen molar-refractivity contribution in [3.05, 3.63) is 152 Å². The van der Waals surface area contributed by atoms with Crippen LogP contribution < -0.4 is 0 Å². The molecule has 10 rings (SSSR count). The Morgan fingerprint density at radius 2 is 0.896 bits per heavy atom. The predicted molar refractivity (Wildman–Crippen MR) is 194 cm³/mol. The molecule has 0 radical (unpaired) electrons. The molecule has 3 aromatic heterocycles. The van der Waals surface area contributed by atoms with Crippen LogP contribution >= 0.6 is 0 Å². The Morgan fingerprint density at radius 1 is 0.312 bits per heavy atom. The molecule has 10 aromatic rings. The van der Waals surface area contributed by atoms with E-state index in [4.69, 9.17) is 23.8 Å². The first-order valence-corrected chi connectivity index (χ1v) is 15.9. The van der Waals surface area contributed by atoms with E-state index in [2.05, 4.69) is 72.8 Å². The number of aromatic nitrogens is 3. The first-order valence-electron chi connectivity index (χ1n) is 15.9. The van der Waals surface area contributed by atoms with Crippen molar-refractivity contribution < 1.29 is 8.83 Å². The van der Waals surface area contributed by atoms with Gasteiger partial charge in [0.25, 0.3) is 0 Å². The lowest BCUT2D eigenvalue weighted by atomic mass is 9.98. The Bertz CT molecular complexity index is 2840. The summed E-state index contributed by atoms with van der Waals surface area (Å²) in [5.41, 5.74) is 8.17. The second-order valence-electron chi connectivity index (χ2n) is 12.0. The third-order valence-electron chi connectivity index (χ3n) is 9.14. The Balaban J connectivity index is 1.24. The Hall–Kier alpha value is -6.59. The molecule has 0 saturated heterocycles. The molecule has 0 spiro atoms. The maximum Gasteiger partial charge on any atom is 0.167 e. The smallest absolute Gasteiger partial charge is 0.167 e. The lowest BCUT2D eigenvalue weighted by molar-refractivity contribution is 0.669. The van der Waals surface area contributed by atoms with Crippen LogP contribution in [0.5, 0.6) is 0 Å². The van der Waals surface area contributed by atoms with E-state index >= 15 is 0 Å². The summed E-state index contributed by atoms with van der Waals surface area (Å²) in [7, 11) is 0. The molecule has 0 saturated carbocycles. The van der Waals surface area contributed by atoms with Crippen LogP contribution in [0, 0.1) is 0 Å². The SMILES string of the molecule is c1ccc(-c2ccc3c(c2)oc2c4ccccc4c(-c4nc(-c5ccccc5)nc(-c5cccc6c5oc5ccccc56)n4)cc32)cc1. The van der Waals surface area contributed by atoms with Gasteiger partial charge in [-0.25, -0.2) is 15.0 Å². The molecule has 7 aromatic carbocycles. The zero-order chi connectivity index (χ0) is 31.6. The van der Waals surface area contributed by atoms with Crippen LogP contribution in [0.3, 0.4) is 0 Å². The highest BCUT2D eigenvalue weighted by atomic mass is 16.3. The van der Waals surface area contributed by atoms with Gasteiger partial charge in [0.05, 0.1) is 5.56 Å². The number of benzene rings is 7. The molecule has 0 N–H and O–H groups in total. The van der Waals surface area contributed by atoms with Crippen LogP contribution in [0.4, 0.5) is 0 Å². The molecule has 0 aliphatic rings. The Morgan fingerprint density at radius 3 is 1.71 bits per heavy atom. The molecule has 0 bridgehead atoms. The molecule has 0 fully saturated rings. The van der Waals surface area contributed by atoms with Crippen molar-refractivity contribution in [2.24, 2.45) is 0 Å². The van der Waals surface area contributed by atoms with E-state index in [9.17, 15) is 0 Å². The monoisotopic (exact) mass is 615 g/mol. The summed E-state index contributed by atoms with van der Waals surface area (Å²) in [4.78, 5) is 15.3. The maximum absolute atomic E-state index is 6.62. The van der Waals surface area contributed by atoms with E-state index in [-0.39, 0.29) is 0 Å². The van der Waals surface area contributed by atoms with E-state index < -0.39 is 0 Å². The first kappa shape index (κ1) is 26.6. The van der Waals surface area contributed by atoms with Crippen LogP contribution in [-0.2, 0) is 0 Å². The molecule has 0 amide bonds. The molecule has 3 heterocycles. The molecule has 5 heteroatoms. The van der Waals surface area contributed by atoms with Gasteiger partial charge in [0.1, 0.15) is 22.3 Å². The van der Waals surface area contributed by atoms with Gasteiger partial charge in [-0.2, -0.15) is 0 Å². The van der Waals surface area contributed by atoms with Crippen LogP contribution in [0.1, 0.15) is 0 Å². The summed E-state index contributed by atoms with van der Waals surface area (Å²) in [5, 5.41) is 6.15. The topological polar surface area (TPSA) is 65.0 Å². The normalized spacial score (nSPS) is 11.8. The predicted octanol–water partition coefficient (Wildman–Crippen LogP) is 11.5. The van der Waals surface area contributed by atoms with Gasteiger partial charge in [0, 0.05) is 38.1 Å². The van der Waals surface area contributed by atoms with E-state index in [1.165, 1.54) is 0 Å². The summed E-state index contributed by atoms with van der Waals surface area (Å²) >= 11 is 0. The summed E-state index contributed by atoms with van der Waals surface area (Å²) in [6, 6.07) is 51.6. The zero-order valence-corrected chi connectivity index (χ0v) is 25.6. The average Bonchev–Trinajstić information content (AvgIpc) is 3.73. The number of para-hydroxylation sites is 2. The highest BCUT2D eigenvalue weighted by Gasteiger charge is 2.21. The molecule has 0 aliphatic heterocycles. The first-order chi connectivity index (χ1) is 23.8. The summed E-state index contributed by atoms with van der Waals surface area (Å²) < 4.78 is 13.0. The van der Waals surface area contributed by atoms with E-state index in [1.54, 1.807) is 0 Å². The Kier molecular flexibility index (Phi) is 5.81. The summed E-state index contributed by atoms with van der Waals surface area (Å²) in [6.45, 7) is 0. The van der Waals surface area contributed by atoms with Crippen molar-refractivity contribution in [1.29, 1.82) is 0 Å². The molecule has 224 valence electrons. The number of fused-ring (bicyclic) bond motifs is 8. The van der Waals surface area contributed by atoms with Gasteiger partial charge in [-0.05, 0) is 46.8 Å². The van der Waals surface area contributed by atoms with Gasteiger partial charge >= 0.3 is 0 Å². The van der Waals surface area contributed by atoms with Crippen LogP contribution in [0.25, 0.3) is 99.9 Å². The minimum absolute atomic E-state index is 0.553. The fourth-order valence-corrected chi connectivity index (χ4v) is 6.85. The van der Waals surface area contributed by atoms with Crippen molar-refractivity contribution in [1.82, 2.24) is 15.0 Å². The van der Waals surface area contributed by atoms with E-state index in [1.807, 2.05) is 78.9 Å². The minimum Gasteiger partial charge on any atom is -0.455 e. The van der Waals surface area contributed by atoms with Crippen molar-refractivity contribution >= 4 is 54.6 Å². The maximum atomic E-state index is 6.62. The number of hydrogen-bond donors (Lipinski definition) is 0. The number of rotatable bonds is 4. The molecule has 0 unspecified atom stereocenters. The number of hydrogen-bond acceptors (Lipinski definition) is 5. The number of furan rings is 2. The lowest BCUT2D eigenvalue weighted by Crippen LogP contribution is -2.00. The molecule has 0 aliphatic carbocycles. The second kappa shape index (κ2) is 10.5. The number of nitrogens with zero attached hydrogens (tertiary/aromatic N) is 3. The largest absolute Gasteiger partial charge is 0.455 e. The molecule has 48 heavy (non-hydrogen) atoms. The van der Waals surface area contributed by atoms with Gasteiger partial charge in [0.2, 0.25) is 0 Å². The van der Waals surface area contributed by atoms with Gasteiger partial charge in [-0.1, -0.05) is 121 Å². The van der Waals surface area contributed by atoms with E-state index in [0.29, 0.717) is 17.5 Å². The van der Waals surface area contributed by atoms with Crippen molar-refractivity contribution in [2.45, 2.75) is 0 Å². The van der Waals surface area contributed by atoms with Crippen LogP contribution in [0.15, 0.2) is 160 Å². The fourth-order valence-electron chi connectivity index (χ4n) is 6.85. The van der Waals surface area contributed by atoms with E-state index in [0.717, 1.165) is 82.5 Å². The van der Waals surface area contributed by atoms with Gasteiger partial charge < -0.3 is 8.83 Å². The minimum atomic E-state index is 0.553. The van der Waals surface area contributed by atoms with Crippen LogP contribution in [-0.4, -0.2) is 15.0 Å². The third kappa shape index (κ3) is 4.15. The molecule has 0 atom stereocenters. The highest BCUT2D eigenvalue weighted by Crippen LogP contribution is 2.41. The van der Waals surface area contributed by atoms with Crippen molar-refractivity contribution in [2.75, 3.05) is 0 Å². The van der Waals surface area contributed by atoms with Gasteiger partial charge in [-0.3, -0.25) is 0 Å². The third-order valence-corrected chi connectivity index (χ3v) is 9.14. The average molecular weight is 616 g/mol. The van der Waals surface area contributed by atoms with Crippen molar-refractivity contribution in [3.8, 4) is 45.3 Å². The zero-order valence-electron chi connectivity index (χ0n) is 25.6. The lowest BCUT2D eigenvalue weighted by Gasteiger charge is -2.11. The van der Waals surface area contributed by atoms with Crippen molar-refractivity contribution in [3.63, 3.8) is 0 Å². The van der Waals surface area contributed by atoms with Gasteiger partial charge in [-0.15, -0.1) is 0 Å². The molecular weight excluding hydrogens is 590 g/mol. The molecular formula is C43H25N3O2. The quantitative estimate of drug-likeness (QED) is 0.197. The summed E-state index contributed by atoms with van der Waals surface area (Å²) in [5.74, 6) is 1.73. The van der Waals surface area contributed by atoms with Crippen LogP contribution in [0.2, 0.25) is 0 Å². The Labute approximate surface area is 274 Å². The molecule has 5 nitrogen and oxygen atoms in total. The fraction of sp³-hybridized carbons (Fsp3) is 0. The standard InChI is InChI=1S/C43H25N3O2/c1-3-12-26(13-4-1)28-22-23-31-35-25-36(29-16-7-8-18-32(29)40(35)48-38(31)24-28)43-45-41(27-14-5-2-6-15-27)44-42(46-43)34-20-11-19-33-30-17-9-10-21-37(30)47-39(33)34/h1-25H. The van der Waals surface area contributed by atoms with Gasteiger partial charge in [0.15, 0.2) is 17.5 Å². The second-order valence-corrected chi connectivity index (χ2v) is 12.0. The summed E-state index contributed by atoms with van der Waals surface area (Å²) in [6.07, 6.45) is 0. The highest BCUT2D eigenvalue weighted by molar-refractivity contribution is 6.19.